The van der Waals surface area contributed by atoms with Gasteiger partial charge in [0, 0.05) is 25.2 Å². The van der Waals surface area contributed by atoms with Crippen molar-refractivity contribution >= 4 is 33.4 Å². The number of halogens is 1. The van der Waals surface area contributed by atoms with Crippen molar-refractivity contribution in [1.82, 2.24) is 10.2 Å². The van der Waals surface area contributed by atoms with E-state index in [2.05, 4.69) is 21.2 Å². The fraction of sp³-hybridized carbons (Fsp3) is 0.385. The van der Waals surface area contributed by atoms with Gasteiger partial charge in [0.2, 0.25) is 5.91 Å². The molecule has 1 aliphatic rings. The molecule has 7 nitrogen and oxygen atoms in total. The molecule has 21 heavy (non-hydrogen) atoms. The fourth-order valence-corrected chi connectivity index (χ4v) is 2.79. The van der Waals surface area contributed by atoms with Gasteiger partial charge in [0.1, 0.15) is 6.04 Å². The van der Waals surface area contributed by atoms with Crippen LogP contribution in [-0.2, 0) is 4.79 Å². The zero-order valence-corrected chi connectivity index (χ0v) is 12.9. The number of nitrogens with zero attached hydrogens (tertiary/aromatic N) is 2. The molecule has 1 heterocycles. The Labute approximate surface area is 129 Å². The van der Waals surface area contributed by atoms with Gasteiger partial charge in [-0.3, -0.25) is 19.7 Å². The Bertz CT molecular complexity index is 605. The Kier molecular flexibility index (Phi) is 4.56. The van der Waals surface area contributed by atoms with Gasteiger partial charge in [0.15, 0.2) is 0 Å². The third-order valence-electron chi connectivity index (χ3n) is 3.45. The molecule has 1 atom stereocenters. The first kappa shape index (κ1) is 15.4. The lowest BCUT2D eigenvalue weighted by Crippen LogP contribution is -2.44. The second-order valence-corrected chi connectivity index (χ2v) is 5.55. The first-order chi connectivity index (χ1) is 9.95. The molecule has 1 fully saturated rings. The van der Waals surface area contributed by atoms with Crippen molar-refractivity contribution in [1.29, 1.82) is 0 Å². The molecule has 2 rings (SSSR count). The minimum atomic E-state index is -0.554. The summed E-state index contributed by atoms with van der Waals surface area (Å²) in [6.45, 7) is 0.473. The van der Waals surface area contributed by atoms with E-state index in [1.807, 2.05) is 0 Å². The van der Waals surface area contributed by atoms with Crippen molar-refractivity contribution in [2.75, 3.05) is 13.6 Å². The van der Waals surface area contributed by atoms with Crippen LogP contribution in [0.15, 0.2) is 22.7 Å². The van der Waals surface area contributed by atoms with Gasteiger partial charge in [-0.25, -0.2) is 0 Å². The summed E-state index contributed by atoms with van der Waals surface area (Å²) in [6, 6.07) is 3.70. The normalized spacial score (nSPS) is 17.6. The molecular weight excluding hydrogens is 342 g/mol. The van der Waals surface area contributed by atoms with Crippen LogP contribution < -0.4 is 5.32 Å². The Morgan fingerprint density at radius 1 is 1.48 bits per heavy atom. The zero-order valence-electron chi connectivity index (χ0n) is 11.3. The van der Waals surface area contributed by atoms with Gasteiger partial charge in [-0.1, -0.05) is 0 Å². The lowest BCUT2D eigenvalue weighted by molar-refractivity contribution is -0.385. The first-order valence-corrected chi connectivity index (χ1v) is 7.21. The van der Waals surface area contributed by atoms with Gasteiger partial charge >= 0.3 is 0 Å². The molecule has 8 heteroatoms. The number of nitro benzene ring substituents is 1. The van der Waals surface area contributed by atoms with Crippen LogP contribution in [0, 0.1) is 10.1 Å². The van der Waals surface area contributed by atoms with E-state index >= 15 is 0 Å². The second-order valence-electron chi connectivity index (χ2n) is 4.69. The van der Waals surface area contributed by atoms with Crippen LogP contribution in [0.3, 0.4) is 0 Å². The highest BCUT2D eigenvalue weighted by Gasteiger charge is 2.34. The molecule has 0 spiro atoms. The molecule has 0 saturated carbocycles. The molecule has 1 aromatic carbocycles. The quantitative estimate of drug-likeness (QED) is 0.659. The van der Waals surface area contributed by atoms with Crippen LogP contribution in [0.4, 0.5) is 5.69 Å². The summed E-state index contributed by atoms with van der Waals surface area (Å²) in [6.07, 6.45) is 1.34. The van der Waals surface area contributed by atoms with Crippen molar-refractivity contribution in [2.45, 2.75) is 18.9 Å². The Hall–Kier alpha value is -1.96. The minimum absolute atomic E-state index is 0.170. The topological polar surface area (TPSA) is 92.6 Å². The number of benzene rings is 1. The van der Waals surface area contributed by atoms with Crippen molar-refractivity contribution in [3.05, 3.63) is 38.3 Å². The van der Waals surface area contributed by atoms with Crippen LogP contribution in [0.25, 0.3) is 0 Å². The first-order valence-electron chi connectivity index (χ1n) is 6.42. The van der Waals surface area contributed by atoms with E-state index in [0.717, 1.165) is 6.42 Å². The molecule has 1 saturated heterocycles. The van der Waals surface area contributed by atoms with Crippen LogP contribution in [-0.4, -0.2) is 41.3 Å². The Balaban J connectivity index is 2.29. The van der Waals surface area contributed by atoms with Crippen molar-refractivity contribution in [2.24, 2.45) is 0 Å². The fourth-order valence-electron chi connectivity index (χ4n) is 2.40. The molecule has 0 radical (unpaired) electrons. The predicted molar refractivity (Wildman–Crippen MR) is 78.9 cm³/mol. The largest absolute Gasteiger partial charge is 0.357 e. The molecule has 2 amide bonds. The number of nitro groups is 1. The molecule has 1 N–H and O–H groups in total. The number of likely N-dealkylation sites (N-methyl/N-ethyl adjacent to an activating group) is 1. The molecule has 1 aliphatic heterocycles. The second kappa shape index (κ2) is 6.21. The standard InChI is InChI=1S/C13H14BrN3O4/c1-15-12(18)10-3-2-6-16(10)13(19)8-4-5-9(14)11(7-8)17(20)21/h4-5,7,10H,2-3,6H2,1H3,(H,15,18). The molecule has 0 bridgehead atoms. The van der Waals surface area contributed by atoms with E-state index in [4.69, 9.17) is 0 Å². The molecule has 1 unspecified atom stereocenters. The number of carbonyl (C=O) groups excluding carboxylic acids is 2. The number of amides is 2. The maximum Gasteiger partial charge on any atom is 0.284 e. The van der Waals surface area contributed by atoms with Gasteiger partial charge in [-0.2, -0.15) is 0 Å². The summed E-state index contributed by atoms with van der Waals surface area (Å²) in [7, 11) is 1.52. The number of hydrogen-bond acceptors (Lipinski definition) is 4. The number of hydrogen-bond donors (Lipinski definition) is 1. The summed E-state index contributed by atoms with van der Waals surface area (Å²) in [5, 5.41) is 13.5. The molecule has 0 aromatic heterocycles. The van der Waals surface area contributed by atoms with E-state index < -0.39 is 11.0 Å². The van der Waals surface area contributed by atoms with Gasteiger partial charge in [0.25, 0.3) is 11.6 Å². The summed E-state index contributed by atoms with van der Waals surface area (Å²) in [5.74, 6) is -0.579. The smallest absolute Gasteiger partial charge is 0.284 e. The van der Waals surface area contributed by atoms with Crippen molar-refractivity contribution < 1.29 is 14.5 Å². The van der Waals surface area contributed by atoms with Crippen LogP contribution >= 0.6 is 15.9 Å². The average Bonchev–Trinajstić information content (AvgIpc) is 2.95. The van der Waals surface area contributed by atoms with Crippen LogP contribution in [0.5, 0.6) is 0 Å². The molecule has 112 valence electrons. The summed E-state index contributed by atoms with van der Waals surface area (Å²) >= 11 is 3.08. The maximum atomic E-state index is 12.5. The van der Waals surface area contributed by atoms with Gasteiger partial charge in [0.05, 0.1) is 9.40 Å². The predicted octanol–water partition coefficient (Wildman–Crippen LogP) is 1.71. The average molecular weight is 356 g/mol. The SMILES string of the molecule is CNC(=O)C1CCCN1C(=O)c1ccc(Br)c([N+](=O)[O-])c1. The highest BCUT2D eigenvalue weighted by atomic mass is 79.9. The summed E-state index contributed by atoms with van der Waals surface area (Å²) in [5.41, 5.74) is 0.0391. The van der Waals surface area contributed by atoms with Crippen LogP contribution in [0.2, 0.25) is 0 Å². The van der Waals surface area contributed by atoms with Crippen molar-refractivity contribution in [3.63, 3.8) is 0 Å². The van der Waals surface area contributed by atoms with E-state index in [0.29, 0.717) is 17.4 Å². The third-order valence-corrected chi connectivity index (χ3v) is 4.12. The monoisotopic (exact) mass is 355 g/mol. The maximum absolute atomic E-state index is 12.5. The van der Waals surface area contributed by atoms with E-state index in [-0.39, 0.29) is 23.1 Å². The summed E-state index contributed by atoms with van der Waals surface area (Å²) < 4.78 is 0.313. The van der Waals surface area contributed by atoms with Gasteiger partial charge < -0.3 is 10.2 Å². The molecular formula is C13H14BrN3O4. The minimum Gasteiger partial charge on any atom is -0.357 e. The molecule has 1 aromatic rings. The van der Waals surface area contributed by atoms with E-state index in [1.165, 1.54) is 30.1 Å². The summed E-state index contributed by atoms with van der Waals surface area (Å²) in [4.78, 5) is 36.1. The number of rotatable bonds is 3. The number of carbonyl (C=O) groups is 2. The van der Waals surface area contributed by atoms with Gasteiger partial charge in [-0.15, -0.1) is 0 Å². The molecule has 0 aliphatic carbocycles. The van der Waals surface area contributed by atoms with Crippen LogP contribution in [0.1, 0.15) is 23.2 Å². The Morgan fingerprint density at radius 3 is 2.81 bits per heavy atom. The zero-order chi connectivity index (χ0) is 15.6. The third kappa shape index (κ3) is 3.05. The highest BCUT2D eigenvalue weighted by Crippen LogP contribution is 2.27. The highest BCUT2D eigenvalue weighted by molar-refractivity contribution is 9.10. The van der Waals surface area contributed by atoms with E-state index in [9.17, 15) is 19.7 Å². The van der Waals surface area contributed by atoms with E-state index in [1.54, 1.807) is 0 Å². The number of nitrogens with one attached hydrogen (secondary N) is 1. The Morgan fingerprint density at radius 2 is 2.19 bits per heavy atom. The van der Waals surface area contributed by atoms with Gasteiger partial charge in [-0.05, 0) is 40.9 Å². The lowest BCUT2D eigenvalue weighted by atomic mass is 10.1. The lowest BCUT2D eigenvalue weighted by Gasteiger charge is -2.23. The van der Waals surface area contributed by atoms with Crippen molar-refractivity contribution in [3.8, 4) is 0 Å². The number of likely N-dealkylation sites (tertiary alicyclic amines) is 1.